The van der Waals surface area contributed by atoms with Crippen molar-refractivity contribution in [1.82, 2.24) is 30.7 Å². The van der Waals surface area contributed by atoms with E-state index in [-0.39, 0.29) is 30.6 Å². The number of pyridine rings is 1. The van der Waals surface area contributed by atoms with Crippen LogP contribution in [0.4, 0.5) is 4.79 Å². The molecule has 3 atom stereocenters. The molecule has 1 aliphatic heterocycles. The van der Waals surface area contributed by atoms with Gasteiger partial charge in [-0.2, -0.15) is 0 Å². The van der Waals surface area contributed by atoms with Crippen LogP contribution in [0.2, 0.25) is 0 Å². The minimum absolute atomic E-state index is 0.00475. The van der Waals surface area contributed by atoms with Gasteiger partial charge < -0.3 is 30.7 Å². The Morgan fingerprint density at radius 3 is 2.40 bits per heavy atom. The van der Waals surface area contributed by atoms with Crippen LogP contribution in [0.25, 0.3) is 0 Å². The molecule has 12 nitrogen and oxygen atoms in total. The van der Waals surface area contributed by atoms with Crippen molar-refractivity contribution in [2.24, 2.45) is 11.3 Å². The van der Waals surface area contributed by atoms with Crippen LogP contribution in [-0.2, 0) is 25.7 Å². The summed E-state index contributed by atoms with van der Waals surface area (Å²) < 4.78 is 1.51. The van der Waals surface area contributed by atoms with Crippen molar-refractivity contribution in [3.8, 4) is 0 Å². The number of rotatable bonds is 12. The molecule has 0 aromatic carbocycles. The molecular weight excluding hydrogens is 516 g/mol. The molecule has 0 unspecified atom stereocenters. The molecule has 1 aromatic rings. The fourth-order valence-corrected chi connectivity index (χ4v) is 4.33. The lowest BCUT2D eigenvalue weighted by Crippen LogP contribution is -2.60. The van der Waals surface area contributed by atoms with Crippen LogP contribution in [0, 0.1) is 11.3 Å². The number of likely N-dealkylation sites (tertiary alicyclic amines) is 1. The number of aromatic nitrogens is 1. The lowest BCUT2D eigenvalue weighted by molar-refractivity contribution is -0.142. The molecule has 2 heterocycles. The van der Waals surface area contributed by atoms with Gasteiger partial charge in [0.05, 0.1) is 12.6 Å². The average molecular weight is 559 g/mol. The Bertz CT molecular complexity index is 1150. The number of carbonyl (C=O) groups is 5. The fraction of sp³-hybridized carbons (Fsp3) is 0.571. The van der Waals surface area contributed by atoms with Crippen molar-refractivity contribution in [3.05, 3.63) is 47.4 Å². The zero-order valence-electron chi connectivity index (χ0n) is 24.0. The molecule has 2 rings (SSSR count). The maximum atomic E-state index is 13.7. The SMILES string of the molecule is C=CCNC(=O)C(=O)CNC(=O)[C@@H]1CCCN1C(=O)[C@@H](NC(=O)N[C@H](Cn1ccccc1=O)C(C)C)C(C)(C)C. The van der Waals surface area contributed by atoms with Gasteiger partial charge in [0.1, 0.15) is 12.1 Å². The van der Waals surface area contributed by atoms with Gasteiger partial charge in [0.2, 0.25) is 17.6 Å². The number of ketones is 1. The van der Waals surface area contributed by atoms with Crippen LogP contribution in [-0.4, -0.2) is 76.8 Å². The van der Waals surface area contributed by atoms with Crippen LogP contribution in [0.1, 0.15) is 47.5 Å². The molecule has 1 fully saturated rings. The van der Waals surface area contributed by atoms with Crippen molar-refractivity contribution >= 4 is 29.5 Å². The van der Waals surface area contributed by atoms with Gasteiger partial charge in [-0.15, -0.1) is 6.58 Å². The highest BCUT2D eigenvalue weighted by Crippen LogP contribution is 2.26. The number of nitrogens with zero attached hydrogens (tertiary/aromatic N) is 2. The molecule has 1 aliphatic rings. The molecule has 0 bridgehead atoms. The van der Waals surface area contributed by atoms with Crippen LogP contribution >= 0.6 is 0 Å². The van der Waals surface area contributed by atoms with E-state index in [2.05, 4.69) is 27.8 Å². The zero-order chi connectivity index (χ0) is 30.0. The van der Waals surface area contributed by atoms with E-state index in [0.717, 1.165) is 0 Å². The maximum Gasteiger partial charge on any atom is 0.315 e. The first-order valence-electron chi connectivity index (χ1n) is 13.5. The lowest BCUT2D eigenvalue weighted by Gasteiger charge is -2.36. The first kappa shape index (κ1) is 32.3. The zero-order valence-corrected chi connectivity index (χ0v) is 24.0. The molecule has 5 amide bonds. The van der Waals surface area contributed by atoms with Gasteiger partial charge in [-0.05, 0) is 30.2 Å². The number of urea groups is 1. The predicted octanol–water partition coefficient (Wildman–Crippen LogP) is 0.565. The van der Waals surface area contributed by atoms with E-state index >= 15 is 0 Å². The van der Waals surface area contributed by atoms with Crippen LogP contribution < -0.4 is 26.8 Å². The second kappa shape index (κ2) is 14.4. The van der Waals surface area contributed by atoms with E-state index in [0.29, 0.717) is 19.4 Å². The topological polar surface area (TPSA) is 159 Å². The summed E-state index contributed by atoms with van der Waals surface area (Å²) in [5, 5.41) is 10.5. The summed E-state index contributed by atoms with van der Waals surface area (Å²) >= 11 is 0. The molecule has 0 spiro atoms. The van der Waals surface area contributed by atoms with Gasteiger partial charge in [-0.3, -0.25) is 24.0 Å². The van der Waals surface area contributed by atoms with Gasteiger partial charge in [0.25, 0.3) is 11.5 Å². The van der Waals surface area contributed by atoms with Gasteiger partial charge in [-0.25, -0.2) is 4.79 Å². The molecule has 0 aliphatic carbocycles. The lowest BCUT2D eigenvalue weighted by atomic mass is 9.85. The van der Waals surface area contributed by atoms with E-state index in [9.17, 15) is 28.8 Å². The molecule has 12 heteroatoms. The van der Waals surface area contributed by atoms with E-state index in [1.165, 1.54) is 21.6 Å². The third-order valence-electron chi connectivity index (χ3n) is 6.72. The first-order chi connectivity index (χ1) is 18.8. The van der Waals surface area contributed by atoms with E-state index < -0.39 is 53.6 Å². The minimum Gasteiger partial charge on any atom is -0.347 e. The van der Waals surface area contributed by atoms with Gasteiger partial charge in [-0.1, -0.05) is 46.8 Å². The third-order valence-corrected chi connectivity index (χ3v) is 6.72. The minimum atomic E-state index is -0.959. The molecule has 40 heavy (non-hydrogen) atoms. The normalized spacial score (nSPS) is 16.6. The summed E-state index contributed by atoms with van der Waals surface area (Å²) in [6.07, 6.45) is 4.04. The molecular formula is C28H42N6O6. The van der Waals surface area contributed by atoms with Crippen molar-refractivity contribution in [2.45, 2.75) is 72.1 Å². The summed E-state index contributed by atoms with van der Waals surface area (Å²) in [6, 6.07) is 2.09. The molecule has 0 radical (unpaired) electrons. The number of amides is 5. The predicted molar refractivity (Wildman–Crippen MR) is 150 cm³/mol. The van der Waals surface area contributed by atoms with Crippen molar-refractivity contribution < 1.29 is 24.0 Å². The molecule has 220 valence electrons. The number of nitrogens with one attached hydrogen (secondary N) is 4. The van der Waals surface area contributed by atoms with Gasteiger partial charge in [0.15, 0.2) is 0 Å². The third kappa shape index (κ3) is 9.06. The van der Waals surface area contributed by atoms with Crippen LogP contribution in [0.5, 0.6) is 0 Å². The van der Waals surface area contributed by atoms with E-state index in [1.54, 1.807) is 18.3 Å². The second-order valence-corrected chi connectivity index (χ2v) is 11.3. The van der Waals surface area contributed by atoms with Crippen molar-refractivity contribution in [1.29, 1.82) is 0 Å². The molecule has 1 aromatic heterocycles. The van der Waals surface area contributed by atoms with Crippen molar-refractivity contribution in [2.75, 3.05) is 19.6 Å². The summed E-state index contributed by atoms with van der Waals surface area (Å²) in [5.41, 5.74) is -0.878. The largest absolute Gasteiger partial charge is 0.347 e. The average Bonchev–Trinajstić information content (AvgIpc) is 3.38. The smallest absolute Gasteiger partial charge is 0.315 e. The maximum absolute atomic E-state index is 13.7. The van der Waals surface area contributed by atoms with Crippen LogP contribution in [0.3, 0.4) is 0 Å². The Kier molecular flexibility index (Phi) is 11.6. The summed E-state index contributed by atoms with van der Waals surface area (Å²) in [5.74, 6) is -2.61. The Morgan fingerprint density at radius 2 is 1.80 bits per heavy atom. The Morgan fingerprint density at radius 1 is 1.10 bits per heavy atom. The number of hydrogen-bond acceptors (Lipinski definition) is 6. The Balaban J connectivity index is 2.09. The molecule has 4 N–H and O–H groups in total. The Hall–Kier alpha value is -3.96. The molecule has 1 saturated heterocycles. The number of hydrogen-bond donors (Lipinski definition) is 4. The number of Topliss-reactive ketones (excluding diaryl/α,β-unsaturated/α-hetero) is 1. The quantitative estimate of drug-likeness (QED) is 0.217. The standard InChI is InChI=1S/C28H42N6O6/c1-7-13-29-25(38)21(35)16-30-24(37)20-11-10-15-34(20)26(39)23(28(4,5)6)32-27(40)31-19(18(2)3)17-33-14-9-8-12-22(33)36/h7-9,12,14,18-20,23H,1,10-11,13,15-17H2,2-6H3,(H,29,38)(H,30,37)(H2,31,32,40)/t19-,20+,23-/m1/s1. The van der Waals surface area contributed by atoms with E-state index in [1.807, 2.05) is 34.6 Å². The monoisotopic (exact) mass is 558 g/mol. The Labute approximate surface area is 234 Å². The first-order valence-corrected chi connectivity index (χ1v) is 13.5. The summed E-state index contributed by atoms with van der Waals surface area (Å²) in [6.45, 7) is 12.9. The molecule has 0 saturated carbocycles. The van der Waals surface area contributed by atoms with Crippen molar-refractivity contribution in [3.63, 3.8) is 0 Å². The van der Waals surface area contributed by atoms with E-state index in [4.69, 9.17) is 0 Å². The highest BCUT2D eigenvalue weighted by Gasteiger charge is 2.42. The highest BCUT2D eigenvalue weighted by molar-refractivity contribution is 6.37. The summed E-state index contributed by atoms with van der Waals surface area (Å²) in [7, 11) is 0. The number of carbonyl (C=O) groups excluding carboxylic acids is 5. The fourth-order valence-electron chi connectivity index (χ4n) is 4.33. The van der Waals surface area contributed by atoms with Gasteiger partial charge in [0, 0.05) is 31.9 Å². The van der Waals surface area contributed by atoms with Crippen LogP contribution in [0.15, 0.2) is 41.8 Å². The summed E-state index contributed by atoms with van der Waals surface area (Å²) in [4.78, 5) is 77.0. The highest BCUT2D eigenvalue weighted by atomic mass is 16.2. The second-order valence-electron chi connectivity index (χ2n) is 11.3. The van der Waals surface area contributed by atoms with Gasteiger partial charge >= 0.3 is 6.03 Å².